The van der Waals surface area contributed by atoms with Crippen LogP contribution in [0.1, 0.15) is 16.1 Å². The molecule has 0 unspecified atom stereocenters. The first-order valence-corrected chi connectivity index (χ1v) is 8.40. The van der Waals surface area contributed by atoms with Gasteiger partial charge in [0, 0.05) is 39.1 Å². The van der Waals surface area contributed by atoms with E-state index in [9.17, 15) is 4.79 Å². The van der Waals surface area contributed by atoms with Gasteiger partial charge in [-0.3, -0.25) is 4.79 Å². The second kappa shape index (κ2) is 5.76. The second-order valence-corrected chi connectivity index (χ2v) is 7.09. The van der Waals surface area contributed by atoms with E-state index in [0.717, 1.165) is 45.0 Å². The number of pyridine rings is 1. The number of hydrogen-bond donors (Lipinski definition) is 0. The summed E-state index contributed by atoms with van der Waals surface area (Å²) >= 11 is 0. The van der Waals surface area contributed by atoms with Crippen LogP contribution in [0.3, 0.4) is 0 Å². The van der Waals surface area contributed by atoms with Gasteiger partial charge >= 0.3 is 0 Å². The molecule has 0 aliphatic carbocycles. The lowest BCUT2D eigenvalue weighted by atomic mass is 10.1. The molecule has 4 heterocycles. The molecule has 2 saturated heterocycles. The number of aromatic nitrogens is 1. The molecule has 1 amide bonds. The van der Waals surface area contributed by atoms with Crippen LogP contribution in [0.2, 0.25) is 0 Å². The Morgan fingerprint density at radius 2 is 2.09 bits per heavy atom. The van der Waals surface area contributed by atoms with Crippen molar-refractivity contribution in [2.24, 2.45) is 5.92 Å². The predicted molar refractivity (Wildman–Crippen MR) is 87.8 cm³/mol. The van der Waals surface area contributed by atoms with Crippen molar-refractivity contribution in [3.05, 3.63) is 23.4 Å². The highest BCUT2D eigenvalue weighted by Crippen LogP contribution is 2.26. The number of anilines is 1. The summed E-state index contributed by atoms with van der Waals surface area (Å²) in [4.78, 5) is 24.2. The van der Waals surface area contributed by atoms with E-state index in [1.807, 2.05) is 18.0 Å². The number of carbonyl (C=O) groups excluding carboxylic acids is 1. The van der Waals surface area contributed by atoms with E-state index in [2.05, 4.69) is 27.9 Å². The van der Waals surface area contributed by atoms with Crippen molar-refractivity contribution in [2.75, 3.05) is 58.4 Å². The molecule has 124 valence electrons. The maximum absolute atomic E-state index is 13.1. The van der Waals surface area contributed by atoms with Gasteiger partial charge in [0.25, 0.3) is 5.91 Å². The number of fused-ring (bicyclic) bond motifs is 4. The highest BCUT2D eigenvalue weighted by molar-refractivity contribution is 5.93. The SMILES string of the molecule is CN1C[C@@H]2COC[C@H](C1)N(C(=O)c1ccc3c(n1)N(C)CC3)C2. The Morgan fingerprint density at radius 1 is 1.22 bits per heavy atom. The summed E-state index contributed by atoms with van der Waals surface area (Å²) in [6.45, 7) is 4.96. The zero-order valence-electron chi connectivity index (χ0n) is 13.9. The third-order valence-electron chi connectivity index (χ3n) is 5.17. The van der Waals surface area contributed by atoms with Gasteiger partial charge in [0.05, 0.1) is 19.3 Å². The van der Waals surface area contributed by atoms with Gasteiger partial charge < -0.3 is 19.4 Å². The predicted octanol–water partition coefficient (Wildman–Crippen LogP) is 0.477. The number of ether oxygens (including phenoxy) is 1. The van der Waals surface area contributed by atoms with Crippen LogP contribution in [0.5, 0.6) is 0 Å². The van der Waals surface area contributed by atoms with Gasteiger partial charge in [0.1, 0.15) is 11.5 Å². The van der Waals surface area contributed by atoms with E-state index >= 15 is 0 Å². The summed E-state index contributed by atoms with van der Waals surface area (Å²) in [5.74, 6) is 1.39. The molecule has 6 heteroatoms. The van der Waals surface area contributed by atoms with E-state index in [1.54, 1.807) is 0 Å². The molecular weight excluding hydrogens is 292 g/mol. The molecule has 3 aliphatic rings. The van der Waals surface area contributed by atoms with Crippen molar-refractivity contribution >= 4 is 11.7 Å². The van der Waals surface area contributed by atoms with Crippen molar-refractivity contribution in [2.45, 2.75) is 12.5 Å². The average molecular weight is 316 g/mol. The van der Waals surface area contributed by atoms with Crippen molar-refractivity contribution in [1.29, 1.82) is 0 Å². The van der Waals surface area contributed by atoms with Crippen LogP contribution in [0.25, 0.3) is 0 Å². The van der Waals surface area contributed by atoms with Crippen LogP contribution < -0.4 is 4.90 Å². The first-order chi connectivity index (χ1) is 11.1. The highest BCUT2D eigenvalue weighted by Gasteiger charge is 2.35. The third-order valence-corrected chi connectivity index (χ3v) is 5.17. The van der Waals surface area contributed by atoms with Gasteiger partial charge in [-0.25, -0.2) is 4.98 Å². The summed E-state index contributed by atoms with van der Waals surface area (Å²) in [6, 6.07) is 4.07. The van der Waals surface area contributed by atoms with Gasteiger partial charge in [0.15, 0.2) is 0 Å². The smallest absolute Gasteiger partial charge is 0.272 e. The third kappa shape index (κ3) is 2.70. The van der Waals surface area contributed by atoms with Crippen LogP contribution in [0.4, 0.5) is 5.82 Å². The summed E-state index contributed by atoms with van der Waals surface area (Å²) in [5.41, 5.74) is 1.80. The molecule has 3 aliphatic heterocycles. The van der Waals surface area contributed by atoms with E-state index in [0.29, 0.717) is 18.2 Å². The molecule has 0 radical (unpaired) electrons. The molecular formula is C17H24N4O2. The Hall–Kier alpha value is -1.66. The minimum atomic E-state index is 0.0453. The number of hydrogen-bond acceptors (Lipinski definition) is 5. The largest absolute Gasteiger partial charge is 0.379 e. The molecule has 0 saturated carbocycles. The fraction of sp³-hybridized carbons (Fsp3) is 0.647. The fourth-order valence-electron chi connectivity index (χ4n) is 3.99. The van der Waals surface area contributed by atoms with Crippen LogP contribution in [-0.2, 0) is 11.2 Å². The minimum Gasteiger partial charge on any atom is -0.379 e. The Bertz CT molecular complexity index is 621. The summed E-state index contributed by atoms with van der Waals surface area (Å²) in [5, 5.41) is 0. The molecule has 0 N–H and O–H groups in total. The Kier molecular flexibility index (Phi) is 3.73. The standard InChI is InChI=1S/C17H24N4O2/c1-19-7-12-8-21(14(9-19)11-23-10-12)17(22)15-4-3-13-5-6-20(2)16(13)18-15/h3-4,12,14H,5-11H2,1-2H3/t12-,14-/m0/s1. The van der Waals surface area contributed by atoms with Crippen molar-refractivity contribution in [1.82, 2.24) is 14.8 Å². The maximum Gasteiger partial charge on any atom is 0.272 e. The highest BCUT2D eigenvalue weighted by atomic mass is 16.5. The summed E-state index contributed by atoms with van der Waals surface area (Å²) < 4.78 is 5.77. The molecule has 4 rings (SSSR count). The average Bonchev–Trinajstić information content (AvgIpc) is 2.69. The normalized spacial score (nSPS) is 27.7. The first-order valence-electron chi connectivity index (χ1n) is 8.40. The molecule has 1 aromatic heterocycles. The lowest BCUT2D eigenvalue weighted by Crippen LogP contribution is -2.46. The van der Waals surface area contributed by atoms with Gasteiger partial charge in [-0.2, -0.15) is 0 Å². The molecule has 6 nitrogen and oxygen atoms in total. The molecule has 23 heavy (non-hydrogen) atoms. The second-order valence-electron chi connectivity index (χ2n) is 7.09. The number of amides is 1. The lowest BCUT2D eigenvalue weighted by molar-refractivity contribution is 0.0480. The monoisotopic (exact) mass is 316 g/mol. The van der Waals surface area contributed by atoms with Crippen LogP contribution in [-0.4, -0.2) is 80.2 Å². The van der Waals surface area contributed by atoms with E-state index in [4.69, 9.17) is 4.74 Å². The maximum atomic E-state index is 13.1. The minimum absolute atomic E-state index is 0.0453. The van der Waals surface area contributed by atoms with Gasteiger partial charge in [-0.15, -0.1) is 0 Å². The lowest BCUT2D eigenvalue weighted by Gasteiger charge is -2.29. The Labute approximate surface area is 137 Å². The van der Waals surface area contributed by atoms with Crippen LogP contribution >= 0.6 is 0 Å². The van der Waals surface area contributed by atoms with E-state index in [1.165, 1.54) is 5.56 Å². The van der Waals surface area contributed by atoms with E-state index < -0.39 is 0 Å². The Balaban J connectivity index is 1.62. The molecule has 0 aromatic carbocycles. The zero-order chi connectivity index (χ0) is 16.0. The van der Waals surface area contributed by atoms with Crippen LogP contribution in [0.15, 0.2) is 12.1 Å². The molecule has 2 fully saturated rings. The quantitative estimate of drug-likeness (QED) is 0.754. The molecule has 2 atom stereocenters. The number of carbonyl (C=O) groups is 1. The summed E-state index contributed by atoms with van der Waals surface area (Å²) in [6.07, 6.45) is 1.01. The molecule has 0 spiro atoms. The van der Waals surface area contributed by atoms with Crippen molar-refractivity contribution in [3.63, 3.8) is 0 Å². The van der Waals surface area contributed by atoms with Crippen LogP contribution in [0, 0.1) is 5.92 Å². The van der Waals surface area contributed by atoms with Crippen molar-refractivity contribution in [3.8, 4) is 0 Å². The summed E-state index contributed by atoms with van der Waals surface area (Å²) in [7, 11) is 4.16. The molecule has 1 aromatic rings. The Morgan fingerprint density at radius 3 is 2.96 bits per heavy atom. The number of rotatable bonds is 1. The fourth-order valence-corrected chi connectivity index (χ4v) is 3.99. The zero-order valence-corrected chi connectivity index (χ0v) is 13.9. The first kappa shape index (κ1) is 14.9. The van der Waals surface area contributed by atoms with Crippen molar-refractivity contribution < 1.29 is 9.53 Å². The number of likely N-dealkylation sites (N-methyl/N-ethyl adjacent to an activating group) is 2. The topological polar surface area (TPSA) is 48.9 Å². The van der Waals surface area contributed by atoms with Gasteiger partial charge in [-0.05, 0) is 25.1 Å². The van der Waals surface area contributed by atoms with Gasteiger partial charge in [0.2, 0.25) is 0 Å². The number of nitrogens with zero attached hydrogens (tertiary/aromatic N) is 4. The van der Waals surface area contributed by atoms with Gasteiger partial charge in [-0.1, -0.05) is 6.07 Å². The molecule has 2 bridgehead atoms. The van der Waals surface area contributed by atoms with E-state index in [-0.39, 0.29) is 11.9 Å².